The van der Waals surface area contributed by atoms with Crippen molar-refractivity contribution < 1.29 is 22.2 Å². The summed E-state index contributed by atoms with van der Waals surface area (Å²) in [5.74, 6) is -0.533. The number of rotatable bonds is 4. The molecule has 0 saturated carbocycles. The van der Waals surface area contributed by atoms with E-state index < -0.39 is 21.1 Å². The smallest absolute Gasteiger partial charge is 0.272 e. The lowest BCUT2D eigenvalue weighted by Crippen LogP contribution is -2.18. The fourth-order valence-electron chi connectivity index (χ4n) is 1.56. The number of hydrogen-bond acceptors (Lipinski definition) is 6. The third-order valence-corrected chi connectivity index (χ3v) is 3.60. The van der Waals surface area contributed by atoms with E-state index in [1.807, 2.05) is 6.92 Å². The number of nitrogens with one attached hydrogen (secondary N) is 1. The highest BCUT2D eigenvalue weighted by molar-refractivity contribution is 7.85. The summed E-state index contributed by atoms with van der Waals surface area (Å²) in [5.41, 5.74) is 3.37. The lowest BCUT2D eigenvalue weighted by Gasteiger charge is -2.03. The summed E-state index contributed by atoms with van der Waals surface area (Å²) in [5, 5.41) is 3.17. The molecule has 0 unspecified atom stereocenters. The van der Waals surface area contributed by atoms with Crippen LogP contribution in [0.1, 0.15) is 21.7 Å². The number of furan rings is 1. The quantitative estimate of drug-likeness (QED) is 0.518. The first kappa shape index (κ1) is 16.2. The third-order valence-electron chi connectivity index (χ3n) is 2.58. The molecule has 116 valence electrons. The Balaban J connectivity index is 2.06. The molecule has 1 aromatic heterocycles. The van der Waals surface area contributed by atoms with Crippen molar-refractivity contribution in [2.24, 2.45) is 5.10 Å². The van der Waals surface area contributed by atoms with E-state index in [1.54, 1.807) is 18.2 Å². The molecule has 1 heterocycles. The van der Waals surface area contributed by atoms with Gasteiger partial charge >= 0.3 is 0 Å². The fourth-order valence-corrected chi connectivity index (χ4v) is 2.31. The Bertz CT molecular complexity index is 842. The van der Waals surface area contributed by atoms with Crippen LogP contribution in [0.25, 0.3) is 0 Å². The summed E-state index contributed by atoms with van der Waals surface area (Å²) in [6.07, 6.45) is 1.06. The minimum Gasteiger partial charge on any atom is -0.742 e. The fraction of sp³-hybridized carbons (Fsp3) is 0.0769. The summed E-state index contributed by atoms with van der Waals surface area (Å²) in [7, 11) is -4.66. The maximum atomic E-state index is 11.8. The summed E-state index contributed by atoms with van der Waals surface area (Å²) < 4.78 is 36.8. The normalized spacial score (nSPS) is 11.8. The molecule has 1 amide bonds. The van der Waals surface area contributed by atoms with E-state index in [0.29, 0.717) is 0 Å². The van der Waals surface area contributed by atoms with Crippen molar-refractivity contribution >= 4 is 33.8 Å². The van der Waals surface area contributed by atoms with Crippen molar-refractivity contribution in [1.29, 1.82) is 0 Å². The van der Waals surface area contributed by atoms with Gasteiger partial charge in [-0.05, 0) is 36.8 Å². The molecule has 1 aromatic carbocycles. The van der Waals surface area contributed by atoms with Gasteiger partial charge in [0.05, 0.1) is 16.8 Å². The number of hydrazone groups is 1. The topological polar surface area (TPSA) is 112 Å². The second kappa shape index (κ2) is 6.30. The molecule has 0 bridgehead atoms. The van der Waals surface area contributed by atoms with Gasteiger partial charge in [0.2, 0.25) is 5.09 Å². The van der Waals surface area contributed by atoms with Gasteiger partial charge in [0.15, 0.2) is 10.1 Å². The molecule has 1 N–H and O–H groups in total. The van der Waals surface area contributed by atoms with Crippen molar-refractivity contribution in [3.8, 4) is 0 Å². The standard InChI is InChI=1S/C13H11ClN2O5S/c1-8-2-4-10(11(14)6-8)13(17)16-15-7-9-3-5-12(21-9)22(18,19)20/h2-7H,1H3,(H,16,17)(H,18,19,20)/p-1/b15-7-. The van der Waals surface area contributed by atoms with Crippen LogP contribution in [0.5, 0.6) is 0 Å². The van der Waals surface area contributed by atoms with Gasteiger partial charge in [0, 0.05) is 0 Å². The van der Waals surface area contributed by atoms with Gasteiger partial charge in [-0.25, -0.2) is 13.8 Å². The molecule has 0 radical (unpaired) electrons. The SMILES string of the molecule is Cc1ccc(C(=O)N/N=C\c2ccc(S(=O)(=O)[O-])o2)c(Cl)c1. The Kier molecular flexibility index (Phi) is 4.65. The predicted molar refractivity (Wildman–Crippen MR) is 77.9 cm³/mol. The Morgan fingerprint density at radius 1 is 1.36 bits per heavy atom. The monoisotopic (exact) mass is 341 g/mol. The van der Waals surface area contributed by atoms with E-state index in [9.17, 15) is 17.8 Å². The molecule has 2 rings (SSSR count). The molecule has 0 aliphatic carbocycles. The molecular weight excluding hydrogens is 332 g/mol. The van der Waals surface area contributed by atoms with E-state index in [2.05, 4.69) is 10.5 Å². The van der Waals surface area contributed by atoms with Gasteiger partial charge in [-0.1, -0.05) is 17.7 Å². The van der Waals surface area contributed by atoms with E-state index in [4.69, 9.17) is 16.0 Å². The van der Waals surface area contributed by atoms with Crippen molar-refractivity contribution in [1.82, 2.24) is 5.43 Å². The van der Waals surface area contributed by atoms with Crippen LogP contribution in [0.4, 0.5) is 0 Å². The summed E-state index contributed by atoms with van der Waals surface area (Å²) in [4.78, 5) is 11.8. The first-order chi connectivity index (χ1) is 10.3. The Morgan fingerprint density at radius 3 is 2.68 bits per heavy atom. The number of carbonyl (C=O) groups excluding carboxylic acids is 1. The van der Waals surface area contributed by atoms with E-state index in [1.165, 1.54) is 6.07 Å². The van der Waals surface area contributed by atoms with Gasteiger partial charge < -0.3 is 8.97 Å². The van der Waals surface area contributed by atoms with Crippen LogP contribution in [-0.4, -0.2) is 25.1 Å². The molecular formula is C13H10ClN2O5S-. The first-order valence-electron chi connectivity index (χ1n) is 5.92. The van der Waals surface area contributed by atoms with Gasteiger partial charge in [-0.2, -0.15) is 5.10 Å². The number of carbonyl (C=O) groups is 1. The first-order valence-corrected chi connectivity index (χ1v) is 7.71. The van der Waals surface area contributed by atoms with Crippen LogP contribution < -0.4 is 5.43 Å². The van der Waals surface area contributed by atoms with Crippen LogP contribution >= 0.6 is 11.6 Å². The van der Waals surface area contributed by atoms with E-state index >= 15 is 0 Å². The number of aryl methyl sites for hydroxylation is 1. The summed E-state index contributed by atoms with van der Waals surface area (Å²) in [6, 6.07) is 7.15. The second-order valence-corrected chi connectivity index (χ2v) is 6.01. The zero-order valence-corrected chi connectivity index (χ0v) is 12.8. The zero-order valence-electron chi connectivity index (χ0n) is 11.2. The molecule has 0 aliphatic rings. The van der Waals surface area contributed by atoms with Gasteiger partial charge in [0.1, 0.15) is 5.76 Å². The highest BCUT2D eigenvalue weighted by Gasteiger charge is 2.10. The Labute approximate surface area is 131 Å². The van der Waals surface area contributed by atoms with Crippen molar-refractivity contribution in [2.45, 2.75) is 12.0 Å². The summed E-state index contributed by atoms with van der Waals surface area (Å²) >= 11 is 5.94. The number of nitrogens with zero attached hydrogens (tertiary/aromatic N) is 1. The van der Waals surface area contributed by atoms with Crippen LogP contribution in [-0.2, 0) is 10.1 Å². The summed E-state index contributed by atoms with van der Waals surface area (Å²) in [6.45, 7) is 1.84. The van der Waals surface area contributed by atoms with Crippen molar-refractivity contribution in [3.63, 3.8) is 0 Å². The third kappa shape index (κ3) is 3.94. The van der Waals surface area contributed by atoms with Crippen LogP contribution in [0.3, 0.4) is 0 Å². The van der Waals surface area contributed by atoms with Gasteiger partial charge in [-0.3, -0.25) is 4.79 Å². The molecule has 0 fully saturated rings. The zero-order chi connectivity index (χ0) is 16.3. The molecule has 0 atom stereocenters. The minimum atomic E-state index is -4.66. The highest BCUT2D eigenvalue weighted by Crippen LogP contribution is 2.17. The molecule has 0 spiro atoms. The van der Waals surface area contributed by atoms with Crippen LogP contribution in [0, 0.1) is 6.92 Å². The molecule has 9 heteroatoms. The molecule has 22 heavy (non-hydrogen) atoms. The molecule has 2 aromatic rings. The maximum Gasteiger partial charge on any atom is 0.272 e. The predicted octanol–water partition coefficient (Wildman–Crippen LogP) is 1.91. The lowest BCUT2D eigenvalue weighted by molar-refractivity contribution is 0.0955. The molecule has 0 aliphatic heterocycles. The maximum absolute atomic E-state index is 11.8. The number of hydrogen-bond donors (Lipinski definition) is 1. The van der Waals surface area contributed by atoms with E-state index in [0.717, 1.165) is 17.8 Å². The number of halogens is 1. The minimum absolute atomic E-state index is 0.00438. The molecule has 0 saturated heterocycles. The van der Waals surface area contributed by atoms with Crippen LogP contribution in [0.15, 0.2) is 44.9 Å². The van der Waals surface area contributed by atoms with Crippen molar-refractivity contribution in [3.05, 3.63) is 52.2 Å². The van der Waals surface area contributed by atoms with Crippen molar-refractivity contribution in [2.75, 3.05) is 0 Å². The Hall–Kier alpha value is -2.16. The average Bonchev–Trinajstić information content (AvgIpc) is 2.87. The molecule has 7 nitrogen and oxygen atoms in total. The van der Waals surface area contributed by atoms with Crippen LogP contribution in [0.2, 0.25) is 5.02 Å². The van der Waals surface area contributed by atoms with Gasteiger partial charge in [-0.15, -0.1) is 0 Å². The van der Waals surface area contributed by atoms with E-state index in [-0.39, 0.29) is 16.3 Å². The highest BCUT2D eigenvalue weighted by atomic mass is 35.5. The second-order valence-electron chi connectivity index (χ2n) is 4.29. The Morgan fingerprint density at radius 2 is 2.09 bits per heavy atom. The lowest BCUT2D eigenvalue weighted by atomic mass is 10.1. The van der Waals surface area contributed by atoms with Gasteiger partial charge in [0.25, 0.3) is 5.91 Å². The largest absolute Gasteiger partial charge is 0.742 e. The number of amides is 1. The number of benzene rings is 1. The average molecular weight is 342 g/mol.